The number of carbonyl (C=O) groups is 1. The molecule has 0 aliphatic carbocycles. The summed E-state index contributed by atoms with van der Waals surface area (Å²) in [7, 11) is 1.24. The van der Waals surface area contributed by atoms with Crippen molar-refractivity contribution < 1.29 is 32.9 Å². The minimum atomic E-state index is -4.62. The minimum absolute atomic E-state index is 0.0101. The van der Waals surface area contributed by atoms with E-state index in [1.165, 1.54) is 225 Å². The lowest BCUT2D eigenvalue weighted by Crippen LogP contribution is -2.45. The molecule has 8 nitrogen and oxygen atoms in total. The van der Waals surface area contributed by atoms with Crippen molar-refractivity contribution in [3.8, 4) is 0 Å². The number of unbranched alkanes of at least 4 members (excludes halogenated alkanes) is 38. The highest BCUT2D eigenvalue weighted by atomic mass is 31.2. The van der Waals surface area contributed by atoms with Gasteiger partial charge in [0.25, 0.3) is 7.82 Å². The SMILES string of the molecule is CC/C=C\C/C=C\C/C=C\C/C=C\C/C=C\C/C=C\CCCCCCCCCCCCCCC(=O)NC(COP(=O)([O-])OCC[N+](C)(C)C)C(O)/C=C/CC/C=C/CCCCCCCCCCCCCCCCCCCCCCCCCCC. The van der Waals surface area contributed by atoms with E-state index in [1.54, 1.807) is 6.08 Å². The molecule has 0 saturated heterocycles. The van der Waals surface area contributed by atoms with Crippen LogP contribution in [-0.4, -0.2) is 68.5 Å². The Kier molecular flexibility index (Phi) is 62.9. The molecule has 0 spiro atoms. The summed E-state index contributed by atoms with van der Waals surface area (Å²) < 4.78 is 23.4. The zero-order valence-corrected chi connectivity index (χ0v) is 56.7. The lowest BCUT2D eigenvalue weighted by Gasteiger charge is -2.29. The summed E-state index contributed by atoms with van der Waals surface area (Å²) in [5.74, 6) is -0.209. The molecule has 84 heavy (non-hydrogen) atoms. The van der Waals surface area contributed by atoms with Crippen molar-refractivity contribution in [3.63, 3.8) is 0 Å². The third-order valence-corrected chi connectivity index (χ3v) is 16.7. The van der Waals surface area contributed by atoms with Gasteiger partial charge in [0.1, 0.15) is 13.2 Å². The van der Waals surface area contributed by atoms with Gasteiger partial charge in [-0.2, -0.15) is 0 Å². The molecular formula is C75H137N2O6P. The molecule has 0 fully saturated rings. The average Bonchev–Trinajstić information content (AvgIpc) is 3.56. The fourth-order valence-corrected chi connectivity index (χ4v) is 11.0. The van der Waals surface area contributed by atoms with Crippen molar-refractivity contribution in [1.29, 1.82) is 0 Å². The smallest absolute Gasteiger partial charge is 0.268 e. The first kappa shape index (κ1) is 81.4. The van der Waals surface area contributed by atoms with E-state index in [2.05, 4.69) is 104 Å². The van der Waals surface area contributed by atoms with Crippen LogP contribution >= 0.6 is 7.82 Å². The van der Waals surface area contributed by atoms with Crippen LogP contribution in [0.4, 0.5) is 0 Å². The number of carbonyl (C=O) groups excluding carboxylic acids is 1. The number of rotatable bonds is 65. The highest BCUT2D eigenvalue weighted by Crippen LogP contribution is 2.38. The molecule has 1 amide bonds. The monoisotopic (exact) mass is 1190 g/mol. The molecule has 0 aliphatic rings. The molecule has 3 unspecified atom stereocenters. The van der Waals surface area contributed by atoms with Crippen LogP contribution in [0.5, 0.6) is 0 Å². The van der Waals surface area contributed by atoms with Crippen LogP contribution in [0.3, 0.4) is 0 Å². The molecule has 9 heteroatoms. The number of hydrogen-bond donors (Lipinski definition) is 2. The number of amides is 1. The van der Waals surface area contributed by atoms with Gasteiger partial charge in [0.15, 0.2) is 0 Å². The Balaban J connectivity index is 4.12. The Morgan fingerprint density at radius 3 is 1.11 bits per heavy atom. The number of nitrogens with zero attached hydrogens (tertiary/aromatic N) is 1. The van der Waals surface area contributed by atoms with Crippen molar-refractivity contribution in [2.24, 2.45) is 0 Å². The van der Waals surface area contributed by atoms with Gasteiger partial charge in [0, 0.05) is 6.42 Å². The van der Waals surface area contributed by atoms with Crippen LogP contribution in [0, 0.1) is 0 Å². The highest BCUT2D eigenvalue weighted by Gasteiger charge is 2.23. The molecule has 0 bridgehead atoms. The van der Waals surface area contributed by atoms with Crippen molar-refractivity contribution in [1.82, 2.24) is 5.32 Å². The Bertz CT molecular complexity index is 1690. The number of aliphatic hydroxyl groups is 1. The summed E-state index contributed by atoms with van der Waals surface area (Å²) in [5.41, 5.74) is 0. The zero-order chi connectivity index (χ0) is 61.2. The first-order valence-electron chi connectivity index (χ1n) is 35.6. The number of allylic oxidation sites excluding steroid dienone is 15. The van der Waals surface area contributed by atoms with Crippen LogP contribution < -0.4 is 10.2 Å². The van der Waals surface area contributed by atoms with Gasteiger partial charge in [-0.05, 0) is 83.5 Å². The summed E-state index contributed by atoms with van der Waals surface area (Å²) in [6.07, 6.45) is 93.9. The van der Waals surface area contributed by atoms with Crippen LogP contribution in [0.15, 0.2) is 97.2 Å². The minimum Gasteiger partial charge on any atom is -0.756 e. The molecule has 2 N–H and O–H groups in total. The van der Waals surface area contributed by atoms with E-state index in [9.17, 15) is 19.4 Å². The van der Waals surface area contributed by atoms with Gasteiger partial charge in [0.05, 0.1) is 39.9 Å². The number of phosphoric acid groups is 1. The first-order valence-corrected chi connectivity index (χ1v) is 37.1. The molecule has 0 aromatic rings. The third-order valence-electron chi connectivity index (χ3n) is 15.8. The van der Waals surface area contributed by atoms with Crippen LogP contribution in [-0.2, 0) is 18.4 Å². The van der Waals surface area contributed by atoms with Gasteiger partial charge >= 0.3 is 0 Å². The molecule has 0 radical (unpaired) electrons. The molecule has 3 atom stereocenters. The van der Waals surface area contributed by atoms with E-state index in [-0.39, 0.29) is 12.5 Å². The second-order valence-electron chi connectivity index (χ2n) is 25.2. The van der Waals surface area contributed by atoms with Crippen LogP contribution in [0.25, 0.3) is 0 Å². The zero-order valence-electron chi connectivity index (χ0n) is 55.8. The summed E-state index contributed by atoms with van der Waals surface area (Å²) >= 11 is 0. The average molecular weight is 1190 g/mol. The number of hydrogen-bond acceptors (Lipinski definition) is 6. The second kappa shape index (κ2) is 64.9. The maximum Gasteiger partial charge on any atom is 0.268 e. The van der Waals surface area contributed by atoms with Gasteiger partial charge in [-0.15, -0.1) is 0 Å². The van der Waals surface area contributed by atoms with Gasteiger partial charge in [-0.1, -0.05) is 329 Å². The van der Waals surface area contributed by atoms with Gasteiger partial charge in [-0.3, -0.25) is 9.36 Å². The van der Waals surface area contributed by atoms with Crippen molar-refractivity contribution in [2.75, 3.05) is 40.9 Å². The van der Waals surface area contributed by atoms with Crippen molar-refractivity contribution >= 4 is 13.7 Å². The maximum atomic E-state index is 13.0. The number of likely N-dealkylation sites (N-methyl/N-ethyl adjacent to an activating group) is 1. The molecule has 0 aromatic heterocycles. The normalized spacial score (nSPS) is 14.2. The largest absolute Gasteiger partial charge is 0.756 e. The Hall–Kier alpha value is -2.58. The quantitative estimate of drug-likeness (QED) is 0.0272. The number of phosphoric ester groups is 1. The summed E-state index contributed by atoms with van der Waals surface area (Å²) in [4.78, 5) is 25.6. The lowest BCUT2D eigenvalue weighted by atomic mass is 10.0. The van der Waals surface area contributed by atoms with Crippen molar-refractivity contribution in [2.45, 2.75) is 334 Å². The molecule has 0 aromatic carbocycles. The maximum absolute atomic E-state index is 13.0. The summed E-state index contributed by atoms with van der Waals surface area (Å²) in [6.45, 7) is 4.54. The fraction of sp³-hybridized carbons (Fsp3) is 0.773. The molecule has 0 aliphatic heterocycles. The lowest BCUT2D eigenvalue weighted by molar-refractivity contribution is -0.870. The second-order valence-corrected chi connectivity index (χ2v) is 26.6. The predicted molar refractivity (Wildman–Crippen MR) is 366 cm³/mol. The standard InChI is InChI=1S/C75H137N2O6P/c1-6-8-10-12-14-16-18-20-22-24-26-28-30-32-34-36-38-40-42-44-46-48-50-52-54-56-58-60-62-64-66-68-74(78)73(72-83-84(80,81)82-71-70-77(3,4)5)76-75(79)69-67-65-63-61-59-57-55-53-51-49-47-45-43-41-39-37-35-33-31-29-27-25-23-21-19-17-15-13-11-9-7-2/h9,11,15,17,21,23,27,29,33,35,39,41,58,60,66,68,73-74,78H,6-8,10,12-14,16,18-20,22,24-26,28,30-32,34,36-38,40,42-57,59,61-65,67,69-72H2,1-5H3,(H-,76,79,80,81)/b11-9-,17-15-,23-21-,29-27-,35-33-,41-39-,60-58+,68-66+. The van der Waals surface area contributed by atoms with Gasteiger partial charge in [0.2, 0.25) is 5.91 Å². The fourth-order valence-electron chi connectivity index (χ4n) is 10.3. The van der Waals surface area contributed by atoms with Crippen molar-refractivity contribution in [3.05, 3.63) is 97.2 Å². The third kappa shape index (κ3) is 66.9. The summed E-state index contributed by atoms with van der Waals surface area (Å²) in [6, 6.07) is -0.912. The number of quaternary nitrogens is 1. The Morgan fingerprint density at radius 2 is 0.738 bits per heavy atom. The van der Waals surface area contributed by atoms with E-state index in [0.29, 0.717) is 17.4 Å². The van der Waals surface area contributed by atoms with Gasteiger partial charge < -0.3 is 28.8 Å². The van der Waals surface area contributed by atoms with E-state index in [0.717, 1.165) is 77.0 Å². The molecule has 0 saturated carbocycles. The first-order chi connectivity index (χ1) is 41.0. The predicted octanol–water partition coefficient (Wildman–Crippen LogP) is 22.3. The van der Waals surface area contributed by atoms with E-state index in [1.807, 2.05) is 27.2 Å². The molecule has 488 valence electrons. The Morgan fingerprint density at radius 1 is 0.429 bits per heavy atom. The van der Waals surface area contributed by atoms with E-state index >= 15 is 0 Å². The summed E-state index contributed by atoms with van der Waals surface area (Å²) in [5, 5.41) is 13.9. The highest BCUT2D eigenvalue weighted by molar-refractivity contribution is 7.45. The topological polar surface area (TPSA) is 108 Å². The number of nitrogens with one attached hydrogen (secondary N) is 1. The molecular weight excluding hydrogens is 1060 g/mol. The van der Waals surface area contributed by atoms with E-state index < -0.39 is 26.6 Å². The Labute approximate surface area is 521 Å². The van der Waals surface area contributed by atoms with Gasteiger partial charge in [-0.25, -0.2) is 0 Å². The van der Waals surface area contributed by atoms with Crippen LogP contribution in [0.1, 0.15) is 322 Å². The van der Waals surface area contributed by atoms with E-state index in [4.69, 9.17) is 9.05 Å². The number of aliphatic hydroxyl groups excluding tert-OH is 1. The molecule has 0 rings (SSSR count). The van der Waals surface area contributed by atoms with Crippen LogP contribution in [0.2, 0.25) is 0 Å². The molecule has 0 heterocycles.